The Labute approximate surface area is 160 Å². The topological polar surface area (TPSA) is 20.7 Å². The summed E-state index contributed by atoms with van der Waals surface area (Å²) in [6.45, 7) is 0. The molecule has 0 spiro atoms. The lowest BCUT2D eigenvalue weighted by atomic mass is 10.1. The van der Waals surface area contributed by atoms with E-state index in [1.54, 1.807) is 10.6 Å². The van der Waals surface area contributed by atoms with Gasteiger partial charge >= 0.3 is 0 Å². The number of nitrogens with zero attached hydrogens (tertiary/aromatic N) is 1. The normalized spacial score (nSPS) is 15.6. The van der Waals surface area contributed by atoms with Crippen molar-refractivity contribution in [3.63, 3.8) is 0 Å². The van der Waals surface area contributed by atoms with Gasteiger partial charge in [-0.2, -0.15) is 0 Å². The first kappa shape index (κ1) is 8.72. The highest BCUT2D eigenvalue weighted by molar-refractivity contribution is 6.22. The first-order valence-electron chi connectivity index (χ1n) is 11.8. The standard InChI is InChI=1S/C24H16N2/c1-2-8-16(9-3-1)26-22-13-7-5-11-18(22)20-15-14-19-17-10-4-6-12-21(17)25-23(19)24(20)26/h1-15,25H/i4D,5D,11D,12D,13D,14D,15D. The molecule has 0 bridgehead atoms. The largest absolute Gasteiger partial charge is 0.353 e. The number of nitrogens with one attached hydrogen (secondary N) is 1. The van der Waals surface area contributed by atoms with Gasteiger partial charge in [-0.1, -0.05) is 66.6 Å². The summed E-state index contributed by atoms with van der Waals surface area (Å²) in [7, 11) is 0. The zero-order valence-electron chi connectivity index (χ0n) is 20.6. The van der Waals surface area contributed by atoms with Gasteiger partial charge in [-0.3, -0.25) is 0 Å². The van der Waals surface area contributed by atoms with Crippen LogP contribution in [-0.4, -0.2) is 9.55 Å². The van der Waals surface area contributed by atoms with Crippen LogP contribution in [0.1, 0.15) is 9.60 Å². The summed E-state index contributed by atoms with van der Waals surface area (Å²) in [6.07, 6.45) is 0. The minimum atomic E-state index is -0.116. The van der Waals surface area contributed by atoms with Gasteiger partial charge in [0.2, 0.25) is 0 Å². The maximum Gasteiger partial charge on any atom is 0.0783 e. The lowest BCUT2D eigenvalue weighted by Crippen LogP contribution is -1.93. The Balaban J connectivity index is 2.02. The van der Waals surface area contributed by atoms with Crippen molar-refractivity contribution in [1.29, 1.82) is 0 Å². The van der Waals surface area contributed by atoms with Gasteiger partial charge in [0.15, 0.2) is 0 Å². The number of rotatable bonds is 1. The van der Waals surface area contributed by atoms with Crippen LogP contribution in [-0.2, 0) is 0 Å². The molecule has 0 aliphatic carbocycles. The van der Waals surface area contributed by atoms with E-state index < -0.39 is 0 Å². The van der Waals surface area contributed by atoms with Crippen LogP contribution in [0.25, 0.3) is 49.3 Å². The molecule has 2 nitrogen and oxygen atoms in total. The molecule has 122 valence electrons. The predicted molar refractivity (Wildman–Crippen MR) is 110 cm³/mol. The van der Waals surface area contributed by atoms with Gasteiger partial charge in [0.25, 0.3) is 0 Å². The molecular weight excluding hydrogens is 316 g/mol. The van der Waals surface area contributed by atoms with Gasteiger partial charge < -0.3 is 9.55 Å². The smallest absolute Gasteiger partial charge is 0.0783 e. The van der Waals surface area contributed by atoms with Crippen LogP contribution in [0.4, 0.5) is 0 Å². The first-order valence-corrected chi connectivity index (χ1v) is 8.31. The minimum Gasteiger partial charge on any atom is -0.353 e. The van der Waals surface area contributed by atoms with Crippen LogP contribution < -0.4 is 0 Å². The molecule has 0 aliphatic rings. The average Bonchev–Trinajstić information content (AvgIpc) is 3.34. The van der Waals surface area contributed by atoms with Gasteiger partial charge in [0, 0.05) is 32.7 Å². The third-order valence-corrected chi connectivity index (χ3v) is 4.78. The molecular formula is C24H16N2. The molecule has 0 aliphatic heterocycles. The number of benzene rings is 4. The maximum absolute atomic E-state index is 8.87. The molecule has 0 fully saturated rings. The summed E-state index contributed by atoms with van der Waals surface area (Å²) in [4.78, 5) is 3.24. The molecule has 1 N–H and O–H groups in total. The van der Waals surface area contributed by atoms with Crippen molar-refractivity contribution in [2.45, 2.75) is 0 Å². The van der Waals surface area contributed by atoms with Crippen molar-refractivity contribution in [3.8, 4) is 5.69 Å². The van der Waals surface area contributed by atoms with Crippen LogP contribution in [0.15, 0.2) is 90.8 Å². The highest BCUT2D eigenvalue weighted by Gasteiger charge is 2.16. The molecule has 0 unspecified atom stereocenters. The predicted octanol–water partition coefficient (Wildman–Crippen LogP) is 6.42. The maximum atomic E-state index is 8.87. The van der Waals surface area contributed by atoms with Gasteiger partial charge in [0.05, 0.1) is 26.1 Å². The second-order valence-corrected chi connectivity index (χ2v) is 6.19. The second kappa shape index (κ2) is 4.99. The molecule has 4 aromatic carbocycles. The van der Waals surface area contributed by atoms with Crippen molar-refractivity contribution in [3.05, 3.63) is 90.8 Å². The van der Waals surface area contributed by atoms with Crippen LogP contribution in [0.2, 0.25) is 0 Å². The zero-order valence-corrected chi connectivity index (χ0v) is 13.6. The van der Waals surface area contributed by atoms with Crippen molar-refractivity contribution in [2.75, 3.05) is 0 Å². The van der Waals surface area contributed by atoms with E-state index >= 15 is 0 Å². The zero-order chi connectivity index (χ0) is 23.2. The molecule has 0 amide bonds. The lowest BCUT2D eigenvalue weighted by molar-refractivity contribution is 1.18. The number of hydrogen-bond acceptors (Lipinski definition) is 0. The number of aromatic nitrogens is 2. The molecule has 0 atom stereocenters. The summed E-state index contributed by atoms with van der Waals surface area (Å²) < 4.78 is 61.2. The number of para-hydroxylation sites is 3. The van der Waals surface area contributed by atoms with E-state index in [1.165, 1.54) is 12.1 Å². The fraction of sp³-hybridized carbons (Fsp3) is 0. The molecule has 2 aromatic heterocycles. The minimum absolute atomic E-state index is 0.0517. The third kappa shape index (κ3) is 1.71. The molecule has 2 heterocycles. The number of H-pyrrole nitrogens is 1. The number of aromatic amines is 1. The molecule has 6 aromatic rings. The van der Waals surface area contributed by atoms with Crippen LogP contribution in [0, 0.1) is 0 Å². The fourth-order valence-corrected chi connectivity index (χ4v) is 3.68. The van der Waals surface area contributed by atoms with E-state index in [9.17, 15) is 0 Å². The quantitative estimate of drug-likeness (QED) is 0.357. The Bertz CT molecular complexity index is 1780. The molecule has 0 saturated carbocycles. The van der Waals surface area contributed by atoms with Crippen molar-refractivity contribution in [2.24, 2.45) is 0 Å². The molecule has 6 rings (SSSR count). The van der Waals surface area contributed by atoms with Crippen molar-refractivity contribution in [1.82, 2.24) is 9.55 Å². The third-order valence-electron chi connectivity index (χ3n) is 4.78. The van der Waals surface area contributed by atoms with Gasteiger partial charge in [0.1, 0.15) is 0 Å². The van der Waals surface area contributed by atoms with Crippen molar-refractivity contribution >= 4 is 43.6 Å². The van der Waals surface area contributed by atoms with E-state index in [-0.39, 0.29) is 47.7 Å². The Morgan fingerprint density at radius 1 is 0.692 bits per heavy atom. The second-order valence-electron chi connectivity index (χ2n) is 6.19. The summed E-state index contributed by atoms with van der Waals surface area (Å²) in [5.74, 6) is 0. The summed E-state index contributed by atoms with van der Waals surface area (Å²) in [5.41, 5.74) is 2.59. The van der Waals surface area contributed by atoms with E-state index in [1.807, 2.05) is 30.3 Å². The first-order chi connectivity index (χ1) is 15.8. The average molecular weight is 339 g/mol. The number of fused-ring (bicyclic) bond motifs is 7. The van der Waals surface area contributed by atoms with Crippen LogP contribution in [0.3, 0.4) is 0 Å². The van der Waals surface area contributed by atoms with Gasteiger partial charge in [-0.25, -0.2) is 0 Å². The Morgan fingerprint density at radius 2 is 1.54 bits per heavy atom. The Hall–Kier alpha value is -3.52. The Kier molecular flexibility index (Phi) is 1.68. The van der Waals surface area contributed by atoms with E-state index in [0.29, 0.717) is 43.9 Å². The molecule has 0 saturated heterocycles. The van der Waals surface area contributed by atoms with Crippen LogP contribution >= 0.6 is 0 Å². The molecule has 0 radical (unpaired) electrons. The van der Waals surface area contributed by atoms with Gasteiger partial charge in [-0.15, -0.1) is 0 Å². The van der Waals surface area contributed by atoms with E-state index in [0.717, 1.165) is 0 Å². The fourth-order valence-electron chi connectivity index (χ4n) is 3.68. The SMILES string of the molecule is [2H]c1cc([2H])c2[nH]c3c(c([2H])c([2H])c4c5c([2H])c([2H])cc([2H])c5n(-c5ccccc5)c34)c2c1. The highest BCUT2D eigenvalue weighted by atomic mass is 15.0. The molecule has 26 heavy (non-hydrogen) atoms. The van der Waals surface area contributed by atoms with Gasteiger partial charge in [-0.05, 0) is 24.2 Å². The van der Waals surface area contributed by atoms with E-state index in [2.05, 4.69) is 4.98 Å². The van der Waals surface area contributed by atoms with E-state index in [4.69, 9.17) is 9.60 Å². The van der Waals surface area contributed by atoms with Crippen molar-refractivity contribution < 1.29 is 9.60 Å². The summed E-state index contributed by atoms with van der Waals surface area (Å²) >= 11 is 0. The summed E-state index contributed by atoms with van der Waals surface area (Å²) in [5, 5.41) is 1.56. The van der Waals surface area contributed by atoms with Crippen LogP contribution in [0.5, 0.6) is 0 Å². The highest BCUT2D eigenvalue weighted by Crippen LogP contribution is 2.38. The monoisotopic (exact) mass is 339 g/mol. The molecule has 2 heteroatoms. The number of hydrogen-bond donors (Lipinski definition) is 1. The lowest BCUT2D eigenvalue weighted by Gasteiger charge is -2.08. The summed E-state index contributed by atoms with van der Waals surface area (Å²) in [6, 6.07) is 13.5. The Morgan fingerprint density at radius 3 is 2.46 bits per heavy atom.